The molecule has 144 valence electrons. The fraction of sp³-hybridized carbons (Fsp3) is 0.375. The second kappa shape index (κ2) is 6.56. The van der Waals surface area contributed by atoms with Crippen LogP contribution in [-0.2, 0) is 11.0 Å². The molecule has 1 unspecified atom stereocenters. The van der Waals surface area contributed by atoms with Crippen molar-refractivity contribution in [1.82, 2.24) is 9.78 Å². The maximum Gasteiger partial charge on any atom is 0.435 e. The van der Waals surface area contributed by atoms with Crippen molar-refractivity contribution in [2.45, 2.75) is 37.9 Å². The van der Waals surface area contributed by atoms with Gasteiger partial charge in [-0.1, -0.05) is 0 Å². The fourth-order valence-electron chi connectivity index (χ4n) is 2.63. The molecular formula is C16H15F3N4O4. The van der Waals surface area contributed by atoms with Gasteiger partial charge in [-0.2, -0.15) is 18.3 Å². The number of nitrogens with one attached hydrogen (secondary N) is 1. The number of phenolic OH excluding ortho intramolecular Hbond substituents is 1. The molecule has 2 aromatic rings. The molecule has 0 bridgehead atoms. The third kappa shape index (κ3) is 3.86. The van der Waals surface area contributed by atoms with Crippen LogP contribution in [0.1, 0.15) is 43.1 Å². The molecule has 3 rings (SSSR count). The van der Waals surface area contributed by atoms with Crippen molar-refractivity contribution in [2.24, 2.45) is 0 Å². The molecule has 2 N–H and O–H groups in total. The number of nitrogens with zero attached hydrogens (tertiary/aromatic N) is 3. The number of non-ortho nitro benzene ring substituents is 1. The van der Waals surface area contributed by atoms with Gasteiger partial charge in [0, 0.05) is 17.7 Å². The number of rotatable bonds is 5. The number of hydrogen-bond donors (Lipinski definition) is 2. The van der Waals surface area contributed by atoms with Gasteiger partial charge in [-0.3, -0.25) is 19.6 Å². The molecule has 1 aromatic heterocycles. The van der Waals surface area contributed by atoms with E-state index >= 15 is 0 Å². The highest BCUT2D eigenvalue weighted by molar-refractivity contribution is 5.95. The third-order valence-corrected chi connectivity index (χ3v) is 4.25. The summed E-state index contributed by atoms with van der Waals surface area (Å²) < 4.78 is 39.9. The Hall–Kier alpha value is -3.11. The number of nitro benzene ring substituents is 1. The van der Waals surface area contributed by atoms with E-state index in [4.69, 9.17) is 0 Å². The summed E-state index contributed by atoms with van der Waals surface area (Å²) in [7, 11) is 0. The topological polar surface area (TPSA) is 110 Å². The van der Waals surface area contributed by atoms with E-state index in [0.717, 1.165) is 41.8 Å². The second-order valence-corrected chi connectivity index (χ2v) is 6.29. The largest absolute Gasteiger partial charge is 0.506 e. The normalized spacial score (nSPS) is 15.4. The Morgan fingerprint density at radius 1 is 1.41 bits per heavy atom. The maximum absolute atomic E-state index is 13.0. The number of carbonyl (C=O) groups excluding carboxylic acids is 1. The van der Waals surface area contributed by atoms with E-state index in [2.05, 4.69) is 10.4 Å². The SMILES string of the molecule is CC(C(=O)Nc1ccc([N+](=O)[O-])cc1O)n1nc(C(F)(F)F)cc1C1CC1. The quantitative estimate of drug-likeness (QED) is 0.465. The molecule has 1 aliphatic rings. The number of alkyl halides is 3. The van der Waals surface area contributed by atoms with E-state index in [0.29, 0.717) is 5.69 Å². The Balaban J connectivity index is 1.84. The molecule has 1 aliphatic carbocycles. The van der Waals surface area contributed by atoms with Crippen molar-refractivity contribution in [3.8, 4) is 5.75 Å². The number of hydrogen-bond acceptors (Lipinski definition) is 5. The number of benzene rings is 1. The molecule has 1 saturated carbocycles. The van der Waals surface area contributed by atoms with Crippen molar-refractivity contribution < 1.29 is 28.0 Å². The highest BCUT2D eigenvalue weighted by Crippen LogP contribution is 2.43. The van der Waals surface area contributed by atoms with Crippen LogP contribution in [0.3, 0.4) is 0 Å². The zero-order chi connectivity index (χ0) is 19.9. The summed E-state index contributed by atoms with van der Waals surface area (Å²) in [6, 6.07) is 2.97. The number of carbonyl (C=O) groups is 1. The highest BCUT2D eigenvalue weighted by atomic mass is 19.4. The molecule has 0 radical (unpaired) electrons. The van der Waals surface area contributed by atoms with Gasteiger partial charge in [-0.15, -0.1) is 0 Å². The highest BCUT2D eigenvalue weighted by Gasteiger charge is 2.39. The summed E-state index contributed by atoms with van der Waals surface area (Å²) in [5.41, 5.74) is -1.19. The minimum absolute atomic E-state index is 0.0726. The molecule has 1 amide bonds. The second-order valence-electron chi connectivity index (χ2n) is 6.29. The average Bonchev–Trinajstić information content (AvgIpc) is 3.32. The van der Waals surface area contributed by atoms with Gasteiger partial charge in [0.2, 0.25) is 5.91 Å². The van der Waals surface area contributed by atoms with E-state index in [1.165, 1.54) is 6.92 Å². The monoisotopic (exact) mass is 384 g/mol. The number of nitro groups is 1. The predicted octanol–water partition coefficient (Wildman–Crippen LogP) is 3.59. The first kappa shape index (κ1) is 18.7. The van der Waals surface area contributed by atoms with E-state index in [-0.39, 0.29) is 17.3 Å². The lowest BCUT2D eigenvalue weighted by Crippen LogP contribution is -2.26. The lowest BCUT2D eigenvalue weighted by atomic mass is 10.2. The van der Waals surface area contributed by atoms with Gasteiger partial charge in [0.1, 0.15) is 11.8 Å². The minimum Gasteiger partial charge on any atom is -0.506 e. The van der Waals surface area contributed by atoms with Crippen LogP contribution in [0, 0.1) is 10.1 Å². The summed E-state index contributed by atoms with van der Waals surface area (Å²) in [5.74, 6) is -1.31. The van der Waals surface area contributed by atoms with Gasteiger partial charge in [0.15, 0.2) is 5.69 Å². The molecule has 1 atom stereocenters. The summed E-state index contributed by atoms with van der Waals surface area (Å²) in [6.45, 7) is 1.39. The van der Waals surface area contributed by atoms with Gasteiger partial charge in [-0.25, -0.2) is 0 Å². The van der Waals surface area contributed by atoms with E-state index < -0.39 is 34.5 Å². The van der Waals surface area contributed by atoms with Gasteiger partial charge in [0.25, 0.3) is 5.69 Å². The molecule has 0 spiro atoms. The molecule has 1 heterocycles. The number of amides is 1. The van der Waals surface area contributed by atoms with Crippen LogP contribution in [0.5, 0.6) is 5.75 Å². The zero-order valence-corrected chi connectivity index (χ0v) is 14.0. The van der Waals surface area contributed by atoms with Crippen LogP contribution in [-0.4, -0.2) is 25.7 Å². The minimum atomic E-state index is -4.62. The first-order chi connectivity index (χ1) is 12.6. The first-order valence-electron chi connectivity index (χ1n) is 8.03. The Morgan fingerprint density at radius 2 is 2.07 bits per heavy atom. The summed E-state index contributed by atoms with van der Waals surface area (Å²) in [5, 5.41) is 26.4. The Morgan fingerprint density at radius 3 is 2.59 bits per heavy atom. The van der Waals surface area contributed by atoms with Crippen LogP contribution in [0.4, 0.5) is 24.5 Å². The van der Waals surface area contributed by atoms with Crippen molar-refractivity contribution in [3.05, 3.63) is 45.8 Å². The van der Waals surface area contributed by atoms with Crippen LogP contribution in [0.15, 0.2) is 24.3 Å². The first-order valence-corrected chi connectivity index (χ1v) is 8.03. The Kier molecular flexibility index (Phi) is 4.54. The van der Waals surface area contributed by atoms with Crippen LogP contribution in [0.25, 0.3) is 0 Å². The van der Waals surface area contributed by atoms with Gasteiger partial charge < -0.3 is 10.4 Å². The summed E-state index contributed by atoms with van der Waals surface area (Å²) in [6.07, 6.45) is -3.18. The van der Waals surface area contributed by atoms with E-state index in [9.17, 15) is 33.2 Å². The van der Waals surface area contributed by atoms with Crippen molar-refractivity contribution in [3.63, 3.8) is 0 Å². The van der Waals surface area contributed by atoms with Crippen LogP contribution < -0.4 is 5.32 Å². The number of aromatic hydroxyl groups is 1. The number of aromatic nitrogens is 2. The molecule has 1 fully saturated rings. The van der Waals surface area contributed by atoms with E-state index in [1.54, 1.807) is 0 Å². The Labute approximate surface area is 150 Å². The van der Waals surface area contributed by atoms with Crippen LogP contribution >= 0.6 is 0 Å². The number of phenols is 1. The van der Waals surface area contributed by atoms with Crippen molar-refractivity contribution >= 4 is 17.3 Å². The molecule has 8 nitrogen and oxygen atoms in total. The van der Waals surface area contributed by atoms with Crippen molar-refractivity contribution in [1.29, 1.82) is 0 Å². The summed E-state index contributed by atoms with van der Waals surface area (Å²) in [4.78, 5) is 22.4. The number of anilines is 1. The van der Waals surface area contributed by atoms with Gasteiger partial charge in [0.05, 0.1) is 16.7 Å². The van der Waals surface area contributed by atoms with Crippen molar-refractivity contribution in [2.75, 3.05) is 5.32 Å². The Bertz CT molecular complexity index is 906. The third-order valence-electron chi connectivity index (χ3n) is 4.25. The standard InChI is InChI=1S/C16H15F3N4O4/c1-8(15(25)20-11-5-4-10(23(26)27)6-13(11)24)22-12(9-2-3-9)7-14(21-22)16(17,18)19/h4-9,24H,2-3H2,1H3,(H,20,25). The summed E-state index contributed by atoms with van der Waals surface area (Å²) >= 11 is 0. The molecule has 0 saturated heterocycles. The zero-order valence-electron chi connectivity index (χ0n) is 14.0. The lowest BCUT2D eigenvalue weighted by Gasteiger charge is -2.16. The number of halogens is 3. The predicted molar refractivity (Wildman–Crippen MR) is 87.3 cm³/mol. The maximum atomic E-state index is 13.0. The molecule has 11 heteroatoms. The average molecular weight is 384 g/mol. The lowest BCUT2D eigenvalue weighted by molar-refractivity contribution is -0.384. The fourth-order valence-corrected chi connectivity index (χ4v) is 2.63. The van der Waals surface area contributed by atoms with Crippen LogP contribution in [0.2, 0.25) is 0 Å². The van der Waals surface area contributed by atoms with E-state index in [1.807, 2.05) is 0 Å². The molecule has 27 heavy (non-hydrogen) atoms. The van der Waals surface area contributed by atoms with Gasteiger partial charge in [-0.05, 0) is 31.9 Å². The molecule has 1 aromatic carbocycles. The molecule has 0 aliphatic heterocycles. The van der Waals surface area contributed by atoms with Gasteiger partial charge >= 0.3 is 6.18 Å². The molecular weight excluding hydrogens is 369 g/mol. The smallest absolute Gasteiger partial charge is 0.435 e.